The minimum absolute atomic E-state index is 0.0975. The molecule has 0 bridgehead atoms. The lowest BCUT2D eigenvalue weighted by molar-refractivity contribution is -0.133. The van der Waals surface area contributed by atoms with E-state index in [9.17, 15) is 9.59 Å². The van der Waals surface area contributed by atoms with Crippen molar-refractivity contribution in [2.45, 2.75) is 38.6 Å². The van der Waals surface area contributed by atoms with Crippen LogP contribution < -0.4 is 5.76 Å². The van der Waals surface area contributed by atoms with Crippen LogP contribution in [0.25, 0.3) is 22.4 Å². The van der Waals surface area contributed by atoms with Crippen LogP contribution in [0.15, 0.2) is 69.9 Å². The summed E-state index contributed by atoms with van der Waals surface area (Å²) in [4.78, 5) is 26.8. The number of nitrogens with zero attached hydrogens (tertiary/aromatic N) is 3. The number of H-pyrrole nitrogens is 1. The largest absolute Gasteiger partial charge is 0.420 e. The highest BCUT2D eigenvalue weighted by molar-refractivity contribution is 5.82. The molecule has 1 N–H and O–H groups in total. The summed E-state index contributed by atoms with van der Waals surface area (Å²) in [6.45, 7) is 2.39. The van der Waals surface area contributed by atoms with Gasteiger partial charge in [-0.2, -0.15) is 5.10 Å². The number of aryl methyl sites for hydroxylation is 1. The number of aromatic amines is 1. The number of carbonyl (C=O) groups excluding carboxylic acids is 1. The Labute approximate surface area is 186 Å². The van der Waals surface area contributed by atoms with E-state index in [1.165, 1.54) is 4.57 Å². The second kappa shape index (κ2) is 9.68. The third-order valence-electron chi connectivity index (χ3n) is 5.78. The van der Waals surface area contributed by atoms with Gasteiger partial charge in [0.1, 0.15) is 6.04 Å². The summed E-state index contributed by atoms with van der Waals surface area (Å²) in [6, 6.07) is 18.8. The van der Waals surface area contributed by atoms with Crippen molar-refractivity contribution in [3.05, 3.63) is 76.9 Å². The molecular weight excluding hydrogens is 404 g/mol. The number of hydrogen-bond acceptors (Lipinski definition) is 4. The van der Waals surface area contributed by atoms with Gasteiger partial charge >= 0.3 is 5.76 Å². The molecule has 0 spiro atoms. The van der Waals surface area contributed by atoms with Gasteiger partial charge in [0.15, 0.2) is 5.58 Å². The van der Waals surface area contributed by atoms with Crippen LogP contribution in [0.5, 0.6) is 0 Å². The fraction of sp³-hybridized carbons (Fsp3) is 0.320. The van der Waals surface area contributed by atoms with Crippen molar-refractivity contribution >= 4 is 17.0 Å². The van der Waals surface area contributed by atoms with Crippen molar-refractivity contribution < 1.29 is 9.21 Å². The molecular formula is C25H28N4O3. The van der Waals surface area contributed by atoms with E-state index in [1.54, 1.807) is 37.1 Å². The Morgan fingerprint density at radius 2 is 1.84 bits per heavy atom. The van der Waals surface area contributed by atoms with Crippen molar-refractivity contribution in [3.8, 4) is 11.3 Å². The molecule has 0 aliphatic carbocycles. The molecule has 7 heteroatoms. The van der Waals surface area contributed by atoms with Crippen LogP contribution in [0.4, 0.5) is 0 Å². The average molecular weight is 433 g/mol. The maximum Gasteiger partial charge on any atom is 0.420 e. The van der Waals surface area contributed by atoms with E-state index in [0.29, 0.717) is 17.6 Å². The SMILES string of the molecule is CC(C(=O)N(C)CCCCCc1cc(-c2ccccc2)n[nH]1)n1c(=O)oc2ccccc21. The molecule has 166 valence electrons. The highest BCUT2D eigenvalue weighted by Crippen LogP contribution is 2.19. The van der Waals surface area contributed by atoms with E-state index in [4.69, 9.17) is 4.42 Å². The monoisotopic (exact) mass is 432 g/mol. The molecule has 0 saturated heterocycles. The summed E-state index contributed by atoms with van der Waals surface area (Å²) in [5.74, 6) is -0.602. The third-order valence-corrected chi connectivity index (χ3v) is 5.78. The first-order valence-electron chi connectivity index (χ1n) is 11.0. The number of hydrogen-bond donors (Lipinski definition) is 1. The smallest absolute Gasteiger partial charge is 0.408 e. The Bertz CT molecular complexity index is 1240. The standard InChI is InChI=1S/C25H28N4O3/c1-18(29-22-14-8-9-15-23(22)32-25(29)31)24(30)28(2)16-10-4-7-13-20-17-21(27-26-20)19-11-5-3-6-12-19/h3,5-6,8-9,11-12,14-15,17-18H,4,7,10,13,16H2,1-2H3,(H,26,27). The summed E-state index contributed by atoms with van der Waals surface area (Å²) in [6.07, 6.45) is 3.83. The third kappa shape index (κ3) is 4.66. The lowest BCUT2D eigenvalue weighted by atomic mass is 10.1. The van der Waals surface area contributed by atoms with E-state index in [2.05, 4.69) is 16.3 Å². The van der Waals surface area contributed by atoms with Crippen LogP contribution in [-0.2, 0) is 11.2 Å². The number of amides is 1. The van der Waals surface area contributed by atoms with Gasteiger partial charge in [-0.25, -0.2) is 4.79 Å². The summed E-state index contributed by atoms with van der Waals surface area (Å²) >= 11 is 0. The molecule has 1 amide bonds. The van der Waals surface area contributed by atoms with E-state index in [0.717, 1.165) is 42.6 Å². The zero-order valence-electron chi connectivity index (χ0n) is 18.5. The molecule has 4 rings (SSSR count). The first-order valence-corrected chi connectivity index (χ1v) is 11.0. The minimum atomic E-state index is -0.613. The van der Waals surface area contributed by atoms with Gasteiger partial charge in [-0.05, 0) is 44.4 Å². The molecule has 32 heavy (non-hydrogen) atoms. The predicted molar refractivity (Wildman–Crippen MR) is 124 cm³/mol. The zero-order chi connectivity index (χ0) is 22.5. The molecule has 7 nitrogen and oxygen atoms in total. The molecule has 4 aromatic rings. The van der Waals surface area contributed by atoms with Crippen molar-refractivity contribution in [1.82, 2.24) is 19.7 Å². The van der Waals surface area contributed by atoms with Gasteiger partial charge in [-0.3, -0.25) is 14.5 Å². The molecule has 2 aromatic carbocycles. The van der Waals surface area contributed by atoms with Crippen LogP contribution in [0.1, 0.15) is 37.9 Å². The number of para-hydroxylation sites is 2. The van der Waals surface area contributed by atoms with Gasteiger partial charge in [-0.1, -0.05) is 48.9 Å². The van der Waals surface area contributed by atoms with Gasteiger partial charge in [0.25, 0.3) is 0 Å². The number of rotatable bonds is 9. The second-order valence-corrected chi connectivity index (χ2v) is 8.10. The van der Waals surface area contributed by atoms with Crippen LogP contribution in [0.2, 0.25) is 0 Å². The maximum absolute atomic E-state index is 12.9. The molecule has 1 atom stereocenters. The molecule has 2 aromatic heterocycles. The zero-order valence-corrected chi connectivity index (χ0v) is 18.5. The Morgan fingerprint density at radius 3 is 2.66 bits per heavy atom. The molecule has 1 unspecified atom stereocenters. The summed E-state index contributed by atoms with van der Waals surface area (Å²) in [7, 11) is 1.78. The normalized spacial score (nSPS) is 12.2. The van der Waals surface area contributed by atoms with Crippen molar-refractivity contribution in [2.75, 3.05) is 13.6 Å². The maximum atomic E-state index is 12.9. The van der Waals surface area contributed by atoms with Crippen LogP contribution in [-0.4, -0.2) is 39.2 Å². The lowest BCUT2D eigenvalue weighted by Gasteiger charge is -2.21. The first-order chi connectivity index (χ1) is 15.5. The number of likely N-dealkylation sites (N-methyl/N-ethyl adjacent to an activating group) is 1. The molecule has 0 aliphatic rings. The minimum Gasteiger partial charge on any atom is -0.408 e. The van der Waals surface area contributed by atoms with Crippen LogP contribution >= 0.6 is 0 Å². The fourth-order valence-corrected chi connectivity index (χ4v) is 3.98. The first kappa shape index (κ1) is 21.6. The Morgan fingerprint density at radius 1 is 1.09 bits per heavy atom. The Balaban J connectivity index is 1.25. The molecule has 2 heterocycles. The van der Waals surface area contributed by atoms with E-state index >= 15 is 0 Å². The number of unbranched alkanes of at least 4 members (excludes halogenated alkanes) is 2. The van der Waals surface area contributed by atoms with Gasteiger partial charge < -0.3 is 9.32 Å². The quantitative estimate of drug-likeness (QED) is 0.397. The Kier molecular flexibility index (Phi) is 6.54. The lowest BCUT2D eigenvalue weighted by Crippen LogP contribution is -2.36. The summed E-state index contributed by atoms with van der Waals surface area (Å²) < 4.78 is 6.69. The van der Waals surface area contributed by atoms with Gasteiger partial charge in [0, 0.05) is 24.8 Å². The van der Waals surface area contributed by atoms with Gasteiger partial charge in [-0.15, -0.1) is 0 Å². The molecule has 0 saturated carbocycles. The molecule has 0 aliphatic heterocycles. The van der Waals surface area contributed by atoms with Gasteiger partial charge in [0.2, 0.25) is 5.91 Å². The number of benzene rings is 2. The topological polar surface area (TPSA) is 84.1 Å². The molecule has 0 radical (unpaired) electrons. The Hall–Kier alpha value is -3.61. The second-order valence-electron chi connectivity index (χ2n) is 8.10. The van der Waals surface area contributed by atoms with Crippen molar-refractivity contribution in [1.29, 1.82) is 0 Å². The fourth-order valence-electron chi connectivity index (χ4n) is 3.98. The number of nitrogens with one attached hydrogen (secondary N) is 1. The van der Waals surface area contributed by atoms with Crippen LogP contribution in [0.3, 0.4) is 0 Å². The highest BCUT2D eigenvalue weighted by Gasteiger charge is 2.23. The van der Waals surface area contributed by atoms with E-state index in [-0.39, 0.29) is 5.91 Å². The van der Waals surface area contributed by atoms with Gasteiger partial charge in [0.05, 0.1) is 11.2 Å². The van der Waals surface area contributed by atoms with E-state index in [1.807, 2.05) is 36.4 Å². The predicted octanol–water partition coefficient (Wildman–Crippen LogP) is 4.42. The summed E-state index contributed by atoms with van der Waals surface area (Å²) in [5.41, 5.74) is 4.32. The number of oxazole rings is 1. The average Bonchev–Trinajstić information content (AvgIpc) is 3.42. The number of carbonyl (C=O) groups is 1. The molecule has 0 fully saturated rings. The summed E-state index contributed by atoms with van der Waals surface area (Å²) in [5, 5.41) is 7.51. The van der Waals surface area contributed by atoms with Crippen LogP contribution in [0, 0.1) is 0 Å². The number of fused-ring (bicyclic) bond motifs is 1. The van der Waals surface area contributed by atoms with E-state index < -0.39 is 11.8 Å². The highest BCUT2D eigenvalue weighted by atomic mass is 16.4. The van der Waals surface area contributed by atoms with Crippen molar-refractivity contribution in [3.63, 3.8) is 0 Å². The number of aromatic nitrogens is 3. The van der Waals surface area contributed by atoms with Crippen molar-refractivity contribution in [2.24, 2.45) is 0 Å².